The molecule has 36 heavy (non-hydrogen) atoms. The van der Waals surface area contributed by atoms with Crippen molar-refractivity contribution >= 4 is 35.2 Å². The van der Waals surface area contributed by atoms with Gasteiger partial charge in [0.1, 0.15) is 23.4 Å². The molecule has 0 radical (unpaired) electrons. The number of likely N-dealkylation sites (tertiary alicyclic amines) is 1. The number of amides is 3. The van der Waals surface area contributed by atoms with Gasteiger partial charge in [0, 0.05) is 30.4 Å². The van der Waals surface area contributed by atoms with E-state index in [0.29, 0.717) is 0 Å². The zero-order valence-corrected chi connectivity index (χ0v) is 19.1. The van der Waals surface area contributed by atoms with Crippen LogP contribution in [-0.2, 0) is 9.59 Å². The highest BCUT2D eigenvalue weighted by molar-refractivity contribution is 6.30. The van der Waals surface area contributed by atoms with E-state index in [2.05, 4.69) is 15.4 Å². The average Bonchev–Trinajstić information content (AvgIpc) is 2.79. The molecule has 9 nitrogen and oxygen atoms in total. The minimum Gasteiger partial charge on any atom is -0.484 e. The van der Waals surface area contributed by atoms with Crippen molar-refractivity contribution in [3.8, 4) is 11.5 Å². The van der Waals surface area contributed by atoms with Crippen molar-refractivity contribution < 1.29 is 46.5 Å². The van der Waals surface area contributed by atoms with E-state index in [1.54, 1.807) is 0 Å². The number of carbonyl (C=O) groups excluding carboxylic acids is 2. The lowest BCUT2D eigenvalue weighted by Gasteiger charge is -2.37. The van der Waals surface area contributed by atoms with E-state index in [1.807, 2.05) is 0 Å². The molecule has 3 amide bonds. The third kappa shape index (κ3) is 7.63. The van der Waals surface area contributed by atoms with Gasteiger partial charge in [-0.2, -0.15) is 0 Å². The van der Waals surface area contributed by atoms with E-state index >= 15 is 0 Å². The van der Waals surface area contributed by atoms with E-state index < -0.39 is 54.5 Å². The van der Waals surface area contributed by atoms with Crippen LogP contribution in [0.1, 0.15) is 12.8 Å². The standard InChI is InChI=1S/C22H20ClF4N3O6/c23-16-6-5-14(9-17(16)24)35-11-19(31)28-13-4-7-18(30(10-13)21(33)34)20(32)29-12-2-1-3-15(8-12)36-22(25,26)27/h1-3,5-6,8-9,13,18H,4,7,10-11H2,(H,28,31)(H,29,32)(H,33,34)/t13-,18+/m0/s1. The van der Waals surface area contributed by atoms with Gasteiger partial charge in [0.2, 0.25) is 5.91 Å². The number of benzene rings is 2. The summed E-state index contributed by atoms with van der Waals surface area (Å²) in [5.74, 6) is -2.54. The van der Waals surface area contributed by atoms with Crippen LogP contribution in [0.15, 0.2) is 42.5 Å². The maximum absolute atomic E-state index is 13.5. The number of nitrogens with zero attached hydrogens (tertiary/aromatic N) is 1. The van der Waals surface area contributed by atoms with Crippen LogP contribution in [0, 0.1) is 5.82 Å². The van der Waals surface area contributed by atoms with Crippen LogP contribution >= 0.6 is 11.6 Å². The molecule has 194 valence electrons. The molecule has 3 rings (SSSR count). The number of nitrogens with one attached hydrogen (secondary N) is 2. The van der Waals surface area contributed by atoms with Crippen molar-refractivity contribution in [2.45, 2.75) is 31.3 Å². The van der Waals surface area contributed by atoms with Crippen molar-refractivity contribution in [3.63, 3.8) is 0 Å². The SMILES string of the molecule is O=C(COc1ccc(Cl)c(F)c1)N[C@H]1CC[C@H](C(=O)Nc2cccc(OC(F)(F)F)c2)N(C(=O)O)C1. The van der Waals surface area contributed by atoms with Gasteiger partial charge in [-0.1, -0.05) is 17.7 Å². The maximum atomic E-state index is 13.5. The highest BCUT2D eigenvalue weighted by atomic mass is 35.5. The molecule has 1 saturated heterocycles. The summed E-state index contributed by atoms with van der Waals surface area (Å²) in [5.41, 5.74) is -0.0155. The van der Waals surface area contributed by atoms with Gasteiger partial charge >= 0.3 is 12.5 Å². The fourth-order valence-electron chi connectivity index (χ4n) is 3.55. The first-order chi connectivity index (χ1) is 16.9. The summed E-state index contributed by atoms with van der Waals surface area (Å²) in [6.07, 6.45) is -6.07. The zero-order chi connectivity index (χ0) is 26.5. The Labute approximate surface area is 206 Å². The Morgan fingerprint density at radius 2 is 1.86 bits per heavy atom. The van der Waals surface area contributed by atoms with Gasteiger partial charge in [0.05, 0.1) is 5.02 Å². The quantitative estimate of drug-likeness (QED) is 0.463. The molecule has 0 unspecified atom stereocenters. The number of ether oxygens (including phenoxy) is 2. The second-order valence-corrected chi connectivity index (χ2v) is 8.13. The molecule has 1 heterocycles. The molecule has 1 fully saturated rings. The normalized spacial score (nSPS) is 17.8. The van der Waals surface area contributed by atoms with Gasteiger partial charge in [-0.25, -0.2) is 9.18 Å². The first kappa shape index (κ1) is 26.9. The number of carbonyl (C=O) groups is 3. The van der Waals surface area contributed by atoms with Crippen molar-refractivity contribution in [2.75, 3.05) is 18.5 Å². The van der Waals surface area contributed by atoms with E-state index in [1.165, 1.54) is 24.3 Å². The number of halogens is 5. The molecule has 14 heteroatoms. The largest absolute Gasteiger partial charge is 0.573 e. The molecular weight excluding hydrogens is 514 g/mol. The molecule has 3 N–H and O–H groups in total. The minimum absolute atomic E-state index is 0.0155. The number of hydrogen-bond acceptors (Lipinski definition) is 5. The number of carboxylic acid groups (broad SMARTS) is 1. The second kappa shape index (κ2) is 11.3. The zero-order valence-electron chi connectivity index (χ0n) is 18.4. The summed E-state index contributed by atoms with van der Waals surface area (Å²) in [4.78, 5) is 37.5. The number of anilines is 1. The Kier molecular flexibility index (Phi) is 8.45. The highest BCUT2D eigenvalue weighted by Gasteiger charge is 2.37. The molecular formula is C22H20ClF4N3O6. The molecule has 0 aliphatic carbocycles. The lowest BCUT2D eigenvalue weighted by atomic mass is 9.97. The number of rotatable bonds is 7. The first-order valence-corrected chi connectivity index (χ1v) is 10.8. The van der Waals surface area contributed by atoms with Gasteiger partial charge in [0.15, 0.2) is 6.61 Å². The molecule has 2 atom stereocenters. The lowest BCUT2D eigenvalue weighted by molar-refractivity contribution is -0.274. The van der Waals surface area contributed by atoms with Crippen molar-refractivity contribution in [1.82, 2.24) is 10.2 Å². The Bertz CT molecular complexity index is 1130. The predicted molar refractivity (Wildman–Crippen MR) is 118 cm³/mol. The monoisotopic (exact) mass is 533 g/mol. The van der Waals surface area contributed by atoms with Crippen LogP contribution in [0.25, 0.3) is 0 Å². The van der Waals surface area contributed by atoms with Crippen molar-refractivity contribution in [1.29, 1.82) is 0 Å². The molecule has 0 aromatic heterocycles. The maximum Gasteiger partial charge on any atom is 0.573 e. The van der Waals surface area contributed by atoms with Crippen LogP contribution < -0.4 is 20.1 Å². The summed E-state index contributed by atoms with van der Waals surface area (Å²) < 4.78 is 59.7. The second-order valence-electron chi connectivity index (χ2n) is 7.72. The van der Waals surface area contributed by atoms with Gasteiger partial charge in [-0.3, -0.25) is 14.5 Å². The van der Waals surface area contributed by atoms with Crippen LogP contribution in [0.2, 0.25) is 5.02 Å². The lowest BCUT2D eigenvalue weighted by Crippen LogP contribution is -2.57. The van der Waals surface area contributed by atoms with E-state index in [-0.39, 0.29) is 35.8 Å². The predicted octanol–water partition coefficient (Wildman–Crippen LogP) is 4.02. The smallest absolute Gasteiger partial charge is 0.484 e. The summed E-state index contributed by atoms with van der Waals surface area (Å²) in [6.45, 7) is -0.684. The summed E-state index contributed by atoms with van der Waals surface area (Å²) in [5, 5.41) is 14.4. The fourth-order valence-corrected chi connectivity index (χ4v) is 3.67. The molecule has 1 aliphatic heterocycles. The highest BCUT2D eigenvalue weighted by Crippen LogP contribution is 2.26. The Hall–Kier alpha value is -3.74. The van der Waals surface area contributed by atoms with E-state index in [9.17, 15) is 37.1 Å². The van der Waals surface area contributed by atoms with Gasteiger partial charge in [-0.15, -0.1) is 13.2 Å². The van der Waals surface area contributed by atoms with Gasteiger partial charge in [0.25, 0.3) is 5.91 Å². The van der Waals surface area contributed by atoms with Gasteiger partial charge in [-0.05, 0) is 37.1 Å². The van der Waals surface area contributed by atoms with Crippen LogP contribution in [0.5, 0.6) is 11.5 Å². The first-order valence-electron chi connectivity index (χ1n) is 10.4. The molecule has 0 spiro atoms. The third-order valence-corrected chi connectivity index (χ3v) is 5.40. The topological polar surface area (TPSA) is 117 Å². The third-order valence-electron chi connectivity index (χ3n) is 5.09. The Morgan fingerprint density at radius 1 is 1.11 bits per heavy atom. The molecule has 0 bridgehead atoms. The molecule has 1 aliphatic rings. The number of alkyl halides is 3. The van der Waals surface area contributed by atoms with Crippen molar-refractivity contribution in [2.24, 2.45) is 0 Å². The Morgan fingerprint density at radius 3 is 2.53 bits per heavy atom. The van der Waals surface area contributed by atoms with Crippen LogP contribution in [0.4, 0.5) is 28.0 Å². The van der Waals surface area contributed by atoms with Crippen LogP contribution in [-0.4, -0.2) is 59.5 Å². The van der Waals surface area contributed by atoms with Gasteiger partial charge < -0.3 is 25.2 Å². The fraction of sp³-hybridized carbons (Fsp3) is 0.318. The van der Waals surface area contributed by atoms with Crippen molar-refractivity contribution in [3.05, 3.63) is 53.3 Å². The Balaban J connectivity index is 1.56. The average molecular weight is 534 g/mol. The van der Waals surface area contributed by atoms with Crippen LogP contribution in [0.3, 0.4) is 0 Å². The molecule has 2 aromatic carbocycles. The summed E-state index contributed by atoms with van der Waals surface area (Å²) >= 11 is 5.58. The summed E-state index contributed by atoms with van der Waals surface area (Å²) in [6, 6.07) is 6.44. The number of hydrogen-bond donors (Lipinski definition) is 3. The van der Waals surface area contributed by atoms with E-state index in [0.717, 1.165) is 23.1 Å². The molecule has 2 aromatic rings. The minimum atomic E-state index is -4.92. The summed E-state index contributed by atoms with van der Waals surface area (Å²) in [7, 11) is 0. The number of piperidine rings is 1. The molecule has 0 saturated carbocycles. The van der Waals surface area contributed by atoms with E-state index in [4.69, 9.17) is 16.3 Å².